The highest BCUT2D eigenvalue weighted by Crippen LogP contribution is 2.24. The van der Waals surface area contributed by atoms with Crippen LogP contribution in [0, 0.1) is 6.92 Å². The molecule has 0 bridgehead atoms. The normalized spacial score (nSPS) is 10.8. The van der Waals surface area contributed by atoms with Crippen molar-refractivity contribution in [2.45, 2.75) is 6.92 Å². The standard InChI is InChI=1S/C21H16N2O6/c1-12-15-4-2-3-5-16(15)29-20(12)21(26)23-22-18(24)11-27-14-8-6-13-7-9-19(25)28-17(13)10-14/h2-10H,11H2,1H3,(H,22,24)(H,23,26). The third-order valence-electron chi connectivity index (χ3n) is 4.33. The molecule has 2 amide bonds. The van der Waals surface area contributed by atoms with Crippen LogP contribution >= 0.6 is 0 Å². The molecule has 0 aliphatic rings. The molecule has 4 rings (SSSR count). The maximum absolute atomic E-state index is 12.3. The van der Waals surface area contributed by atoms with Crippen molar-refractivity contribution in [3.8, 4) is 5.75 Å². The molecule has 8 nitrogen and oxygen atoms in total. The number of hydrogen-bond donors (Lipinski definition) is 2. The first-order valence-electron chi connectivity index (χ1n) is 8.75. The highest BCUT2D eigenvalue weighted by atomic mass is 16.5. The summed E-state index contributed by atoms with van der Waals surface area (Å²) < 4.78 is 16.0. The summed E-state index contributed by atoms with van der Waals surface area (Å²) in [4.78, 5) is 35.6. The molecule has 0 saturated carbocycles. The van der Waals surface area contributed by atoms with Gasteiger partial charge in [0.25, 0.3) is 5.91 Å². The van der Waals surface area contributed by atoms with Gasteiger partial charge in [-0.25, -0.2) is 4.79 Å². The molecule has 146 valence electrons. The Morgan fingerprint density at radius 1 is 0.966 bits per heavy atom. The molecule has 0 aliphatic heterocycles. The van der Waals surface area contributed by atoms with Crippen LogP contribution in [0.1, 0.15) is 16.1 Å². The van der Waals surface area contributed by atoms with Crippen LogP contribution in [0.3, 0.4) is 0 Å². The van der Waals surface area contributed by atoms with Gasteiger partial charge in [-0.3, -0.25) is 20.4 Å². The molecule has 0 radical (unpaired) electrons. The first kappa shape index (κ1) is 18.3. The number of rotatable bonds is 4. The number of hydrazine groups is 1. The molecule has 0 spiro atoms. The minimum atomic E-state index is -0.570. The summed E-state index contributed by atoms with van der Waals surface area (Å²) in [6.45, 7) is 1.42. The van der Waals surface area contributed by atoms with E-state index in [0.717, 1.165) is 10.8 Å². The molecule has 2 aromatic heterocycles. The van der Waals surface area contributed by atoms with E-state index < -0.39 is 17.4 Å². The zero-order chi connectivity index (χ0) is 20.4. The second-order valence-corrected chi connectivity index (χ2v) is 6.30. The zero-order valence-corrected chi connectivity index (χ0v) is 15.4. The molecule has 0 aliphatic carbocycles. The third kappa shape index (κ3) is 3.81. The van der Waals surface area contributed by atoms with E-state index in [0.29, 0.717) is 22.5 Å². The number of para-hydroxylation sites is 1. The summed E-state index contributed by atoms with van der Waals surface area (Å²) in [6, 6.07) is 15.1. The third-order valence-corrected chi connectivity index (χ3v) is 4.33. The fourth-order valence-electron chi connectivity index (χ4n) is 2.89. The Balaban J connectivity index is 1.35. The van der Waals surface area contributed by atoms with Crippen molar-refractivity contribution in [3.63, 3.8) is 0 Å². The van der Waals surface area contributed by atoms with Crippen LogP contribution in [0.25, 0.3) is 21.9 Å². The fraction of sp³-hybridized carbons (Fsp3) is 0.0952. The van der Waals surface area contributed by atoms with Crippen molar-refractivity contribution in [3.05, 3.63) is 76.3 Å². The van der Waals surface area contributed by atoms with Crippen molar-refractivity contribution in [1.82, 2.24) is 10.9 Å². The Labute approximate surface area is 164 Å². The number of hydrogen-bond acceptors (Lipinski definition) is 6. The number of benzene rings is 2. The number of furan rings is 1. The van der Waals surface area contributed by atoms with Gasteiger partial charge in [0, 0.05) is 28.5 Å². The topological polar surface area (TPSA) is 111 Å². The second kappa shape index (κ2) is 7.51. The highest BCUT2D eigenvalue weighted by molar-refractivity contribution is 5.99. The average Bonchev–Trinajstić information content (AvgIpc) is 3.07. The van der Waals surface area contributed by atoms with Crippen molar-refractivity contribution in [2.75, 3.05) is 6.61 Å². The predicted molar refractivity (Wildman–Crippen MR) is 105 cm³/mol. The summed E-state index contributed by atoms with van der Waals surface area (Å²) in [5.74, 6) is -0.667. The van der Waals surface area contributed by atoms with Gasteiger partial charge in [-0.15, -0.1) is 0 Å². The molecule has 29 heavy (non-hydrogen) atoms. The van der Waals surface area contributed by atoms with Gasteiger partial charge < -0.3 is 13.6 Å². The van der Waals surface area contributed by atoms with Crippen molar-refractivity contribution >= 4 is 33.8 Å². The molecule has 0 fully saturated rings. The summed E-state index contributed by atoms with van der Waals surface area (Å²) in [6.07, 6.45) is 0. The summed E-state index contributed by atoms with van der Waals surface area (Å²) in [7, 11) is 0. The maximum Gasteiger partial charge on any atom is 0.336 e. The summed E-state index contributed by atoms with van der Waals surface area (Å²) in [5, 5.41) is 1.56. The minimum Gasteiger partial charge on any atom is -0.484 e. The van der Waals surface area contributed by atoms with Gasteiger partial charge in [-0.2, -0.15) is 0 Å². The van der Waals surface area contributed by atoms with Crippen LogP contribution in [-0.2, 0) is 4.79 Å². The van der Waals surface area contributed by atoms with Gasteiger partial charge in [0.15, 0.2) is 12.4 Å². The zero-order valence-electron chi connectivity index (χ0n) is 15.4. The smallest absolute Gasteiger partial charge is 0.336 e. The number of ether oxygens (including phenoxy) is 1. The predicted octanol–water partition coefficient (Wildman–Crippen LogP) is 2.69. The van der Waals surface area contributed by atoms with Gasteiger partial charge in [-0.1, -0.05) is 18.2 Å². The van der Waals surface area contributed by atoms with E-state index in [4.69, 9.17) is 13.6 Å². The average molecular weight is 392 g/mol. The number of carbonyl (C=O) groups excluding carboxylic acids is 2. The van der Waals surface area contributed by atoms with Crippen LogP contribution in [-0.4, -0.2) is 18.4 Å². The monoisotopic (exact) mass is 392 g/mol. The number of fused-ring (bicyclic) bond motifs is 2. The van der Waals surface area contributed by atoms with Crippen LogP contribution < -0.4 is 21.2 Å². The molecule has 8 heteroatoms. The van der Waals surface area contributed by atoms with Gasteiger partial charge in [0.1, 0.15) is 16.9 Å². The van der Waals surface area contributed by atoms with E-state index in [1.807, 2.05) is 18.2 Å². The van der Waals surface area contributed by atoms with E-state index in [1.54, 1.807) is 31.2 Å². The first-order valence-corrected chi connectivity index (χ1v) is 8.75. The fourth-order valence-corrected chi connectivity index (χ4v) is 2.89. The van der Waals surface area contributed by atoms with Crippen molar-refractivity contribution < 1.29 is 23.2 Å². The lowest BCUT2D eigenvalue weighted by Crippen LogP contribution is -2.43. The van der Waals surface area contributed by atoms with E-state index in [2.05, 4.69) is 10.9 Å². The lowest BCUT2D eigenvalue weighted by molar-refractivity contribution is -0.123. The largest absolute Gasteiger partial charge is 0.484 e. The molecule has 4 aromatic rings. The van der Waals surface area contributed by atoms with E-state index in [-0.39, 0.29) is 12.4 Å². The number of aryl methyl sites for hydroxylation is 1. The molecule has 2 aromatic carbocycles. The van der Waals surface area contributed by atoms with Crippen molar-refractivity contribution in [1.29, 1.82) is 0 Å². The van der Waals surface area contributed by atoms with Crippen LogP contribution in [0.5, 0.6) is 5.75 Å². The van der Waals surface area contributed by atoms with Gasteiger partial charge >= 0.3 is 11.5 Å². The highest BCUT2D eigenvalue weighted by Gasteiger charge is 2.17. The molecular weight excluding hydrogens is 376 g/mol. The Kier molecular flexibility index (Phi) is 4.74. The first-order chi connectivity index (χ1) is 14.0. The van der Waals surface area contributed by atoms with E-state index in [9.17, 15) is 14.4 Å². The lowest BCUT2D eigenvalue weighted by atomic mass is 10.1. The molecule has 2 heterocycles. The molecule has 2 N–H and O–H groups in total. The van der Waals surface area contributed by atoms with Crippen LogP contribution in [0.2, 0.25) is 0 Å². The molecule has 0 unspecified atom stereocenters. The number of nitrogens with one attached hydrogen (secondary N) is 2. The molecule has 0 saturated heterocycles. The number of carbonyl (C=O) groups is 2. The van der Waals surface area contributed by atoms with Gasteiger partial charge in [0.2, 0.25) is 0 Å². The quantitative estimate of drug-likeness (QED) is 0.408. The SMILES string of the molecule is Cc1c(C(=O)NNC(=O)COc2ccc3ccc(=O)oc3c2)oc2ccccc12. The molecular formula is C21H16N2O6. The summed E-state index contributed by atoms with van der Waals surface area (Å²) in [5.41, 5.74) is 5.72. The van der Waals surface area contributed by atoms with Gasteiger partial charge in [-0.05, 0) is 31.2 Å². The van der Waals surface area contributed by atoms with Crippen LogP contribution in [0.4, 0.5) is 0 Å². The Morgan fingerprint density at radius 2 is 1.76 bits per heavy atom. The second-order valence-electron chi connectivity index (χ2n) is 6.30. The maximum atomic E-state index is 12.3. The van der Waals surface area contributed by atoms with E-state index >= 15 is 0 Å². The Hall–Kier alpha value is -4.07. The lowest BCUT2D eigenvalue weighted by Gasteiger charge is -2.08. The van der Waals surface area contributed by atoms with Crippen molar-refractivity contribution in [2.24, 2.45) is 0 Å². The number of amides is 2. The Morgan fingerprint density at radius 3 is 2.59 bits per heavy atom. The Bertz CT molecular complexity index is 1290. The van der Waals surface area contributed by atoms with Crippen LogP contribution in [0.15, 0.2) is 68.2 Å². The van der Waals surface area contributed by atoms with Gasteiger partial charge in [0.05, 0.1) is 0 Å². The molecule has 0 atom stereocenters. The van der Waals surface area contributed by atoms with E-state index in [1.165, 1.54) is 12.1 Å². The summed E-state index contributed by atoms with van der Waals surface area (Å²) >= 11 is 0. The minimum absolute atomic E-state index is 0.122.